The molecule has 0 unspecified atom stereocenters. The van der Waals surface area contributed by atoms with E-state index in [4.69, 9.17) is 0 Å². The van der Waals surface area contributed by atoms with Crippen molar-refractivity contribution in [3.05, 3.63) is 101 Å². The van der Waals surface area contributed by atoms with Crippen LogP contribution in [0.1, 0.15) is 18.3 Å². The zero-order chi connectivity index (χ0) is 24.5. The van der Waals surface area contributed by atoms with Crippen molar-refractivity contribution in [2.75, 3.05) is 0 Å². The minimum Gasteiger partial charge on any atom is -0.297 e. The smallest absolute Gasteiger partial charge is 0.262 e. The number of thioether (sulfide) groups is 1. The summed E-state index contributed by atoms with van der Waals surface area (Å²) in [6, 6.07) is 21.7. The van der Waals surface area contributed by atoms with Gasteiger partial charge in [-0.3, -0.25) is 23.3 Å². The fourth-order valence-corrected chi connectivity index (χ4v) is 5.19. The fourth-order valence-electron chi connectivity index (χ4n) is 4.33. The molecule has 0 aliphatic heterocycles. The van der Waals surface area contributed by atoms with E-state index >= 15 is 0 Å². The zero-order valence-corrected chi connectivity index (χ0v) is 20.3. The molecule has 6 rings (SSSR count). The summed E-state index contributed by atoms with van der Waals surface area (Å²) in [5, 5.41) is 19.2. The van der Waals surface area contributed by atoms with Crippen molar-refractivity contribution >= 4 is 28.4 Å². The number of benzene rings is 2. The average Bonchev–Trinajstić information content (AvgIpc) is 3.53. The topological polar surface area (TPSA) is 95.8 Å². The molecule has 0 bridgehead atoms. The van der Waals surface area contributed by atoms with Crippen LogP contribution in [0.5, 0.6) is 0 Å². The first-order chi connectivity index (χ1) is 17.7. The third kappa shape index (κ3) is 3.85. The van der Waals surface area contributed by atoms with Crippen molar-refractivity contribution < 1.29 is 0 Å². The van der Waals surface area contributed by atoms with Crippen LogP contribution in [0.15, 0.2) is 89.1 Å². The van der Waals surface area contributed by atoms with E-state index in [1.165, 1.54) is 11.8 Å². The van der Waals surface area contributed by atoms with E-state index in [9.17, 15) is 4.79 Å². The van der Waals surface area contributed by atoms with Crippen LogP contribution >= 0.6 is 11.8 Å². The lowest BCUT2D eigenvalue weighted by Crippen LogP contribution is -2.22. The van der Waals surface area contributed by atoms with Gasteiger partial charge < -0.3 is 0 Å². The molecule has 0 aliphatic carbocycles. The number of aromatic nitrogens is 8. The molecule has 6 aromatic rings. The number of nitrogens with zero attached hydrogens (tertiary/aromatic N) is 8. The van der Waals surface area contributed by atoms with E-state index in [-0.39, 0.29) is 5.56 Å². The van der Waals surface area contributed by atoms with Crippen molar-refractivity contribution in [2.24, 2.45) is 0 Å². The molecule has 36 heavy (non-hydrogen) atoms. The largest absolute Gasteiger partial charge is 0.297 e. The third-order valence-electron chi connectivity index (χ3n) is 6.04. The normalized spacial score (nSPS) is 11.5. The lowest BCUT2D eigenvalue weighted by Gasteiger charge is -2.11. The summed E-state index contributed by atoms with van der Waals surface area (Å²) in [4.78, 5) is 17.2. The van der Waals surface area contributed by atoms with E-state index in [2.05, 4.69) is 42.1 Å². The second-order valence-electron chi connectivity index (χ2n) is 8.23. The molecular weight excluding hydrogens is 472 g/mol. The second kappa shape index (κ2) is 9.38. The molecule has 0 fully saturated rings. The van der Waals surface area contributed by atoms with Gasteiger partial charge in [0.2, 0.25) is 5.78 Å². The van der Waals surface area contributed by atoms with Gasteiger partial charge in [0.15, 0.2) is 11.0 Å². The molecule has 4 heterocycles. The molecule has 0 N–H and O–H groups in total. The molecule has 9 nitrogen and oxygen atoms in total. The van der Waals surface area contributed by atoms with Crippen LogP contribution in [0.4, 0.5) is 0 Å². The van der Waals surface area contributed by atoms with Gasteiger partial charge >= 0.3 is 0 Å². The lowest BCUT2D eigenvalue weighted by molar-refractivity contribution is 0.714. The second-order valence-corrected chi connectivity index (χ2v) is 9.17. The number of para-hydroxylation sites is 1. The van der Waals surface area contributed by atoms with Gasteiger partial charge in [-0.1, -0.05) is 54.2 Å². The molecule has 10 heteroatoms. The predicted molar refractivity (Wildman–Crippen MR) is 139 cm³/mol. The van der Waals surface area contributed by atoms with Crippen LogP contribution in [0.3, 0.4) is 0 Å². The van der Waals surface area contributed by atoms with E-state index in [1.54, 1.807) is 17.0 Å². The molecular formula is C26H22N8OS. The highest BCUT2D eigenvalue weighted by molar-refractivity contribution is 7.98. The molecule has 0 aliphatic rings. The lowest BCUT2D eigenvalue weighted by atomic mass is 10.2. The maximum atomic E-state index is 13.0. The molecule has 0 spiro atoms. The predicted octanol–water partition coefficient (Wildman–Crippen LogP) is 4.06. The molecule has 0 atom stereocenters. The molecule has 0 radical (unpaired) electrons. The van der Waals surface area contributed by atoms with Gasteiger partial charge in [-0.2, -0.15) is 0 Å². The number of pyridine rings is 1. The number of hydrogen-bond donors (Lipinski definition) is 0. The molecule has 178 valence electrons. The minimum atomic E-state index is -0.0593. The summed E-state index contributed by atoms with van der Waals surface area (Å²) >= 11 is 1.54. The minimum absolute atomic E-state index is 0.0593. The van der Waals surface area contributed by atoms with Crippen LogP contribution in [0, 0.1) is 0 Å². The first-order valence-corrected chi connectivity index (χ1v) is 12.6. The molecule has 0 amide bonds. The van der Waals surface area contributed by atoms with Gasteiger partial charge in [0.1, 0.15) is 5.82 Å². The van der Waals surface area contributed by atoms with Gasteiger partial charge in [-0.05, 0) is 36.8 Å². The zero-order valence-electron chi connectivity index (χ0n) is 19.5. The van der Waals surface area contributed by atoms with E-state index in [0.29, 0.717) is 30.0 Å². The van der Waals surface area contributed by atoms with Gasteiger partial charge in [0, 0.05) is 24.5 Å². The Hall–Kier alpha value is -4.31. The summed E-state index contributed by atoms with van der Waals surface area (Å²) < 4.78 is 5.72. The SMILES string of the molecule is CCn1c(=O)c2ccccc2n2c(CSc3nnc(-c4cccnc4)n3Cc3ccccc3)nnc12. The maximum absolute atomic E-state index is 13.0. The van der Waals surface area contributed by atoms with E-state index in [1.807, 2.05) is 65.9 Å². The standard InChI is InChI=1S/C26H22N8OS/c1-2-32-24(35)20-12-6-7-13-21(20)34-22(28-30-25(32)34)17-36-26-31-29-23(19-11-8-14-27-15-19)33(26)16-18-9-4-3-5-10-18/h3-15H,2,16-17H2,1H3. The molecule has 0 saturated carbocycles. The summed E-state index contributed by atoms with van der Waals surface area (Å²) in [5.41, 5.74) is 2.79. The first kappa shape index (κ1) is 22.2. The summed E-state index contributed by atoms with van der Waals surface area (Å²) in [6.45, 7) is 3.07. The Labute approximate surface area is 210 Å². The number of aryl methyl sites for hydroxylation is 1. The van der Waals surface area contributed by atoms with Gasteiger partial charge in [-0.25, -0.2) is 0 Å². The van der Waals surface area contributed by atoms with Crippen LogP contribution in [0.2, 0.25) is 0 Å². The highest BCUT2D eigenvalue weighted by Gasteiger charge is 2.19. The van der Waals surface area contributed by atoms with Crippen molar-refractivity contribution in [3.63, 3.8) is 0 Å². The molecule has 4 aromatic heterocycles. The van der Waals surface area contributed by atoms with Gasteiger partial charge in [-0.15, -0.1) is 20.4 Å². The molecule has 0 saturated heterocycles. The monoisotopic (exact) mass is 494 g/mol. The van der Waals surface area contributed by atoms with Crippen LogP contribution in [-0.2, 0) is 18.8 Å². The Bertz CT molecular complexity index is 1720. The Morgan fingerprint density at radius 3 is 2.50 bits per heavy atom. The molecule has 2 aromatic carbocycles. The van der Waals surface area contributed by atoms with Gasteiger partial charge in [0.05, 0.1) is 23.2 Å². The Morgan fingerprint density at radius 1 is 0.861 bits per heavy atom. The van der Waals surface area contributed by atoms with Crippen molar-refractivity contribution in [1.82, 2.24) is 38.9 Å². The first-order valence-electron chi connectivity index (χ1n) is 11.6. The van der Waals surface area contributed by atoms with Crippen LogP contribution < -0.4 is 5.56 Å². The summed E-state index contributed by atoms with van der Waals surface area (Å²) in [5.74, 6) is 2.54. The van der Waals surface area contributed by atoms with Gasteiger partial charge in [0.25, 0.3) is 5.56 Å². The average molecular weight is 495 g/mol. The fraction of sp³-hybridized carbons (Fsp3) is 0.154. The number of rotatable bonds is 7. The van der Waals surface area contributed by atoms with Crippen molar-refractivity contribution in [3.8, 4) is 11.4 Å². The van der Waals surface area contributed by atoms with Crippen molar-refractivity contribution in [2.45, 2.75) is 30.9 Å². The van der Waals surface area contributed by atoms with Crippen molar-refractivity contribution in [1.29, 1.82) is 0 Å². The summed E-state index contributed by atoms with van der Waals surface area (Å²) in [6.07, 6.45) is 3.54. The highest BCUT2D eigenvalue weighted by Crippen LogP contribution is 2.27. The number of hydrogen-bond acceptors (Lipinski definition) is 7. The van der Waals surface area contributed by atoms with Crippen LogP contribution in [-0.4, -0.2) is 38.9 Å². The van der Waals surface area contributed by atoms with Crippen LogP contribution in [0.25, 0.3) is 28.1 Å². The Morgan fingerprint density at radius 2 is 1.69 bits per heavy atom. The summed E-state index contributed by atoms with van der Waals surface area (Å²) in [7, 11) is 0. The highest BCUT2D eigenvalue weighted by atomic mass is 32.2. The Balaban J connectivity index is 1.41. The maximum Gasteiger partial charge on any atom is 0.262 e. The van der Waals surface area contributed by atoms with E-state index in [0.717, 1.165) is 33.4 Å². The Kier molecular flexibility index (Phi) is 5.78. The third-order valence-corrected chi connectivity index (χ3v) is 7.00. The quantitative estimate of drug-likeness (QED) is 0.309. The van der Waals surface area contributed by atoms with E-state index < -0.39 is 0 Å². The number of fused-ring (bicyclic) bond motifs is 3.